The third kappa shape index (κ3) is 5.52. The van der Waals surface area contributed by atoms with E-state index < -0.39 is 10.0 Å². The second-order valence-corrected chi connectivity index (χ2v) is 11.0. The van der Waals surface area contributed by atoms with Crippen LogP contribution in [0.2, 0.25) is 0 Å². The van der Waals surface area contributed by atoms with Crippen molar-refractivity contribution in [1.82, 2.24) is 4.72 Å². The molecule has 0 spiro atoms. The topological polar surface area (TPSA) is 46.2 Å². The van der Waals surface area contributed by atoms with Gasteiger partial charge in [-0.15, -0.1) is 0 Å². The third-order valence-corrected chi connectivity index (χ3v) is 9.01. The SMILES string of the molecule is Cc1ccc(S(=O)(=O)N[C@@H]2CCCC[C@H]2SSCc2ccccc2)cc1. The molecule has 26 heavy (non-hydrogen) atoms. The van der Waals surface area contributed by atoms with Crippen LogP contribution >= 0.6 is 21.6 Å². The molecule has 0 radical (unpaired) electrons. The fourth-order valence-corrected chi connectivity index (χ4v) is 7.49. The second kappa shape index (κ2) is 9.31. The number of rotatable bonds is 7. The third-order valence-electron chi connectivity index (χ3n) is 4.60. The van der Waals surface area contributed by atoms with Crippen LogP contribution in [0.15, 0.2) is 59.5 Å². The van der Waals surface area contributed by atoms with Crippen LogP contribution in [0, 0.1) is 6.92 Å². The fourth-order valence-electron chi connectivity index (χ4n) is 3.10. The molecular weight excluding hydrogens is 382 g/mol. The summed E-state index contributed by atoms with van der Waals surface area (Å²) in [6.07, 6.45) is 4.23. The van der Waals surface area contributed by atoms with E-state index >= 15 is 0 Å². The average molecular weight is 408 g/mol. The first-order valence-corrected chi connectivity index (χ1v) is 12.8. The molecule has 0 unspecified atom stereocenters. The van der Waals surface area contributed by atoms with Crippen molar-refractivity contribution >= 4 is 31.6 Å². The summed E-state index contributed by atoms with van der Waals surface area (Å²) in [5, 5.41) is 0.317. The van der Waals surface area contributed by atoms with Gasteiger partial charge in [0.25, 0.3) is 0 Å². The highest BCUT2D eigenvalue weighted by atomic mass is 33.1. The zero-order chi connectivity index (χ0) is 18.4. The van der Waals surface area contributed by atoms with Crippen LogP contribution in [0.5, 0.6) is 0 Å². The van der Waals surface area contributed by atoms with E-state index in [4.69, 9.17) is 0 Å². The summed E-state index contributed by atoms with van der Waals surface area (Å²) >= 11 is 0. The van der Waals surface area contributed by atoms with Gasteiger partial charge in [0.1, 0.15) is 0 Å². The molecule has 0 heterocycles. The Hall–Kier alpha value is -0.950. The van der Waals surface area contributed by atoms with Gasteiger partial charge in [0, 0.05) is 17.0 Å². The lowest BCUT2D eigenvalue weighted by molar-refractivity contribution is 0.424. The van der Waals surface area contributed by atoms with E-state index in [0.29, 0.717) is 10.1 Å². The van der Waals surface area contributed by atoms with Crippen molar-refractivity contribution in [2.75, 3.05) is 0 Å². The predicted molar refractivity (Wildman–Crippen MR) is 113 cm³/mol. The molecule has 0 aliphatic heterocycles. The van der Waals surface area contributed by atoms with Gasteiger partial charge in [-0.05, 0) is 37.5 Å². The summed E-state index contributed by atoms with van der Waals surface area (Å²) in [4.78, 5) is 0.356. The second-order valence-electron chi connectivity index (χ2n) is 6.71. The van der Waals surface area contributed by atoms with Crippen LogP contribution in [0.3, 0.4) is 0 Å². The first-order valence-electron chi connectivity index (χ1n) is 8.96. The van der Waals surface area contributed by atoms with Gasteiger partial charge in [0.15, 0.2) is 0 Å². The zero-order valence-electron chi connectivity index (χ0n) is 14.9. The molecule has 2 aromatic rings. The van der Waals surface area contributed by atoms with E-state index in [2.05, 4.69) is 29.0 Å². The predicted octanol–water partition coefficient (Wildman–Crippen LogP) is 5.17. The van der Waals surface area contributed by atoms with Gasteiger partial charge < -0.3 is 0 Å². The number of nitrogens with one attached hydrogen (secondary N) is 1. The Morgan fingerprint density at radius 2 is 1.69 bits per heavy atom. The molecule has 1 fully saturated rings. The van der Waals surface area contributed by atoms with Crippen molar-refractivity contribution in [2.45, 2.75) is 54.5 Å². The monoisotopic (exact) mass is 407 g/mol. The Balaban J connectivity index is 1.60. The maximum atomic E-state index is 12.7. The average Bonchev–Trinajstić information content (AvgIpc) is 2.64. The van der Waals surface area contributed by atoms with Crippen molar-refractivity contribution in [3.05, 3.63) is 65.7 Å². The summed E-state index contributed by atoms with van der Waals surface area (Å²) in [5.74, 6) is 0.944. The molecule has 0 bridgehead atoms. The molecule has 1 aliphatic rings. The summed E-state index contributed by atoms with van der Waals surface area (Å²) in [5.41, 5.74) is 2.37. The fraction of sp³-hybridized carbons (Fsp3) is 0.400. The van der Waals surface area contributed by atoms with Crippen molar-refractivity contribution in [1.29, 1.82) is 0 Å². The summed E-state index contributed by atoms with van der Waals surface area (Å²) in [6, 6.07) is 17.5. The van der Waals surface area contributed by atoms with Crippen molar-refractivity contribution in [2.24, 2.45) is 0 Å². The Morgan fingerprint density at radius 3 is 2.42 bits per heavy atom. The number of benzene rings is 2. The van der Waals surface area contributed by atoms with Gasteiger partial charge in [-0.25, -0.2) is 13.1 Å². The number of hydrogen-bond acceptors (Lipinski definition) is 4. The lowest BCUT2D eigenvalue weighted by Gasteiger charge is -2.31. The van der Waals surface area contributed by atoms with E-state index in [0.717, 1.165) is 30.6 Å². The molecule has 2 atom stereocenters. The number of hydrogen-bond donors (Lipinski definition) is 1. The maximum absolute atomic E-state index is 12.7. The molecule has 1 aliphatic carbocycles. The Kier molecular flexibility index (Phi) is 7.09. The Bertz CT molecular complexity index is 792. The lowest BCUT2D eigenvalue weighted by atomic mass is 9.96. The van der Waals surface area contributed by atoms with E-state index in [-0.39, 0.29) is 6.04 Å². The molecule has 0 aromatic heterocycles. The standard InChI is InChI=1S/C20H25NO2S3/c1-16-11-13-18(14-12-16)26(22,23)21-19-9-5-6-10-20(19)25-24-15-17-7-3-2-4-8-17/h2-4,7-8,11-14,19-21H,5-6,9-10,15H2,1H3/t19-,20-/m1/s1. The lowest BCUT2D eigenvalue weighted by Crippen LogP contribution is -2.43. The van der Waals surface area contributed by atoms with Gasteiger partial charge in [0.05, 0.1) is 4.90 Å². The molecule has 1 saturated carbocycles. The Morgan fingerprint density at radius 1 is 1.00 bits per heavy atom. The Labute approximate surface area is 164 Å². The van der Waals surface area contributed by atoms with Gasteiger partial charge >= 0.3 is 0 Å². The molecule has 6 heteroatoms. The molecule has 140 valence electrons. The van der Waals surface area contributed by atoms with E-state index in [1.54, 1.807) is 12.1 Å². The van der Waals surface area contributed by atoms with Crippen LogP contribution < -0.4 is 4.72 Å². The highest BCUT2D eigenvalue weighted by Crippen LogP contribution is 2.38. The molecular formula is C20H25NO2S3. The summed E-state index contributed by atoms with van der Waals surface area (Å²) in [6.45, 7) is 1.96. The minimum atomic E-state index is -3.46. The summed E-state index contributed by atoms with van der Waals surface area (Å²) < 4.78 is 28.4. The number of aryl methyl sites for hydroxylation is 1. The molecule has 3 nitrogen and oxygen atoms in total. The normalized spacial score (nSPS) is 20.8. The van der Waals surface area contributed by atoms with E-state index in [1.807, 2.05) is 46.7 Å². The van der Waals surface area contributed by atoms with Crippen LogP contribution in [-0.4, -0.2) is 19.7 Å². The molecule has 2 aromatic carbocycles. The molecule has 0 saturated heterocycles. The first-order chi connectivity index (χ1) is 12.5. The van der Waals surface area contributed by atoms with Gasteiger partial charge in [-0.3, -0.25) is 0 Å². The highest BCUT2D eigenvalue weighted by Gasteiger charge is 2.30. The molecule has 3 rings (SSSR count). The number of sulfonamides is 1. The van der Waals surface area contributed by atoms with Crippen LogP contribution in [0.4, 0.5) is 0 Å². The quantitative estimate of drug-likeness (QED) is 0.644. The maximum Gasteiger partial charge on any atom is 0.240 e. The minimum absolute atomic E-state index is 0.00308. The largest absolute Gasteiger partial charge is 0.240 e. The van der Waals surface area contributed by atoms with Crippen molar-refractivity contribution < 1.29 is 8.42 Å². The summed E-state index contributed by atoms with van der Waals surface area (Å²) in [7, 11) is 0.191. The van der Waals surface area contributed by atoms with E-state index in [1.165, 1.54) is 12.0 Å². The first kappa shape index (κ1) is 19.8. The van der Waals surface area contributed by atoms with Gasteiger partial charge in [0.2, 0.25) is 10.0 Å². The smallest absolute Gasteiger partial charge is 0.207 e. The zero-order valence-corrected chi connectivity index (χ0v) is 17.4. The van der Waals surface area contributed by atoms with Gasteiger partial charge in [-0.1, -0.05) is 82.5 Å². The minimum Gasteiger partial charge on any atom is -0.207 e. The van der Waals surface area contributed by atoms with E-state index in [9.17, 15) is 8.42 Å². The van der Waals surface area contributed by atoms with Crippen LogP contribution in [0.1, 0.15) is 36.8 Å². The van der Waals surface area contributed by atoms with Crippen molar-refractivity contribution in [3.8, 4) is 0 Å². The van der Waals surface area contributed by atoms with Crippen LogP contribution in [-0.2, 0) is 15.8 Å². The molecule has 1 N–H and O–H groups in total. The highest BCUT2D eigenvalue weighted by molar-refractivity contribution is 8.76. The van der Waals surface area contributed by atoms with Gasteiger partial charge in [-0.2, -0.15) is 0 Å². The van der Waals surface area contributed by atoms with Crippen LogP contribution in [0.25, 0.3) is 0 Å². The molecule has 0 amide bonds. The van der Waals surface area contributed by atoms with Crippen molar-refractivity contribution in [3.63, 3.8) is 0 Å².